The van der Waals surface area contributed by atoms with Gasteiger partial charge < -0.3 is 10.1 Å². The number of carbonyl (C=O) groups is 2. The predicted molar refractivity (Wildman–Crippen MR) is 81.6 cm³/mol. The van der Waals surface area contributed by atoms with E-state index in [0.29, 0.717) is 5.69 Å². The molecule has 0 fully saturated rings. The van der Waals surface area contributed by atoms with Gasteiger partial charge in [0.1, 0.15) is 0 Å². The number of benzene rings is 2. The maximum Gasteiger partial charge on any atom is 0.416 e. The smallest absolute Gasteiger partial charge is 0.416 e. The second-order valence-electron chi connectivity index (χ2n) is 5.00. The first kappa shape index (κ1) is 17.5. The summed E-state index contributed by atoms with van der Waals surface area (Å²) in [6.07, 6.45) is -4.67. The number of nitrogens with one attached hydrogen (secondary N) is 1. The van der Waals surface area contributed by atoms with Gasteiger partial charge >= 0.3 is 12.1 Å². The molecule has 0 heterocycles. The van der Waals surface area contributed by atoms with Crippen LogP contribution in [0.3, 0.4) is 0 Å². The van der Waals surface area contributed by atoms with Crippen LogP contribution in [0.25, 0.3) is 0 Å². The number of esters is 1. The van der Waals surface area contributed by atoms with E-state index in [-0.39, 0.29) is 17.5 Å². The van der Waals surface area contributed by atoms with E-state index in [0.717, 1.165) is 12.1 Å². The van der Waals surface area contributed by atoms with Crippen molar-refractivity contribution in [3.63, 3.8) is 0 Å². The van der Waals surface area contributed by atoms with E-state index >= 15 is 0 Å². The van der Waals surface area contributed by atoms with E-state index in [4.69, 9.17) is 0 Å². The van der Waals surface area contributed by atoms with E-state index in [1.807, 2.05) is 0 Å². The second kappa shape index (κ2) is 7.16. The van der Waals surface area contributed by atoms with Crippen molar-refractivity contribution >= 4 is 17.6 Å². The number of hydrogen-bond acceptors (Lipinski definition) is 3. The minimum Gasteiger partial charge on any atom is -0.465 e. The van der Waals surface area contributed by atoms with Gasteiger partial charge in [-0.15, -0.1) is 0 Å². The summed E-state index contributed by atoms with van der Waals surface area (Å²) < 4.78 is 42.6. The molecule has 0 aromatic heterocycles. The number of rotatable bonds is 4. The molecule has 0 radical (unpaired) electrons. The number of hydrogen-bond donors (Lipinski definition) is 1. The first-order valence-corrected chi connectivity index (χ1v) is 6.94. The molecule has 0 bridgehead atoms. The summed E-state index contributed by atoms with van der Waals surface area (Å²) in [5.74, 6) is -1.04. The lowest BCUT2D eigenvalue weighted by Crippen LogP contribution is -2.15. The van der Waals surface area contributed by atoms with E-state index < -0.39 is 23.6 Å². The third kappa shape index (κ3) is 4.58. The van der Waals surface area contributed by atoms with Crippen LogP contribution < -0.4 is 5.32 Å². The Morgan fingerprint density at radius 1 is 1.08 bits per heavy atom. The lowest BCUT2D eigenvalue weighted by atomic mass is 10.1. The standard InChI is InChI=1S/C17H14F3NO3/c1-24-16(23)12-5-3-7-14(10-12)21-15(22)9-11-4-2-6-13(8-11)17(18,19)20/h2-8,10H,9H2,1H3,(H,21,22). The molecule has 0 unspecified atom stereocenters. The SMILES string of the molecule is COC(=O)c1cccc(NC(=O)Cc2cccc(C(F)(F)F)c2)c1. The number of anilines is 1. The van der Waals surface area contributed by atoms with Crippen molar-refractivity contribution in [3.8, 4) is 0 Å². The molecule has 126 valence electrons. The minimum atomic E-state index is -4.46. The molecule has 0 spiro atoms. The largest absolute Gasteiger partial charge is 0.465 e. The number of halogens is 3. The van der Waals surface area contributed by atoms with Crippen molar-refractivity contribution in [2.75, 3.05) is 12.4 Å². The van der Waals surface area contributed by atoms with Crippen LogP contribution in [0.15, 0.2) is 48.5 Å². The topological polar surface area (TPSA) is 55.4 Å². The molecular formula is C17H14F3NO3. The molecule has 1 N–H and O–H groups in total. The van der Waals surface area contributed by atoms with Gasteiger partial charge in [-0.25, -0.2) is 4.79 Å². The Bertz CT molecular complexity index is 757. The fourth-order valence-electron chi connectivity index (χ4n) is 2.09. The van der Waals surface area contributed by atoms with Crippen molar-refractivity contribution in [1.29, 1.82) is 0 Å². The molecular weight excluding hydrogens is 323 g/mol. The molecule has 2 rings (SSSR count). The fraction of sp³-hybridized carbons (Fsp3) is 0.176. The Balaban J connectivity index is 2.08. The lowest BCUT2D eigenvalue weighted by Gasteiger charge is -2.09. The molecule has 0 saturated heterocycles. The van der Waals surface area contributed by atoms with Gasteiger partial charge in [0.15, 0.2) is 0 Å². The zero-order valence-corrected chi connectivity index (χ0v) is 12.7. The van der Waals surface area contributed by atoms with E-state index in [9.17, 15) is 22.8 Å². The van der Waals surface area contributed by atoms with Crippen molar-refractivity contribution in [2.45, 2.75) is 12.6 Å². The molecule has 4 nitrogen and oxygen atoms in total. The zero-order valence-electron chi connectivity index (χ0n) is 12.7. The quantitative estimate of drug-likeness (QED) is 0.866. The van der Waals surface area contributed by atoms with E-state index in [1.54, 1.807) is 12.1 Å². The van der Waals surface area contributed by atoms with E-state index in [2.05, 4.69) is 10.1 Å². The molecule has 24 heavy (non-hydrogen) atoms. The summed E-state index contributed by atoms with van der Waals surface area (Å²) in [7, 11) is 1.24. The predicted octanol–water partition coefficient (Wildman–Crippen LogP) is 3.67. The Kier molecular flexibility index (Phi) is 5.23. The van der Waals surface area contributed by atoms with Gasteiger partial charge in [0.25, 0.3) is 0 Å². The van der Waals surface area contributed by atoms with Crippen LogP contribution in [-0.2, 0) is 22.1 Å². The first-order chi connectivity index (χ1) is 11.3. The maximum absolute atomic E-state index is 12.7. The highest BCUT2D eigenvalue weighted by molar-refractivity contribution is 5.95. The monoisotopic (exact) mass is 337 g/mol. The van der Waals surface area contributed by atoms with Crippen LogP contribution in [0.1, 0.15) is 21.5 Å². The molecule has 0 aliphatic carbocycles. The molecule has 0 atom stereocenters. The lowest BCUT2D eigenvalue weighted by molar-refractivity contribution is -0.137. The van der Waals surface area contributed by atoms with Gasteiger partial charge in [-0.05, 0) is 29.8 Å². The molecule has 0 aliphatic rings. The average molecular weight is 337 g/mol. The molecule has 0 saturated carbocycles. The Labute approximate surface area is 136 Å². The van der Waals surface area contributed by atoms with Crippen molar-refractivity contribution in [2.24, 2.45) is 0 Å². The van der Waals surface area contributed by atoms with Gasteiger partial charge in [-0.2, -0.15) is 13.2 Å². The van der Waals surface area contributed by atoms with Gasteiger partial charge in [0, 0.05) is 5.69 Å². The summed E-state index contributed by atoms with van der Waals surface area (Å²) >= 11 is 0. The second-order valence-corrected chi connectivity index (χ2v) is 5.00. The molecule has 7 heteroatoms. The highest BCUT2D eigenvalue weighted by Crippen LogP contribution is 2.29. The van der Waals surface area contributed by atoms with Gasteiger partial charge in [0.2, 0.25) is 5.91 Å². The third-order valence-corrected chi connectivity index (χ3v) is 3.19. The van der Waals surface area contributed by atoms with Crippen molar-refractivity contribution < 1.29 is 27.5 Å². The summed E-state index contributed by atoms with van der Waals surface area (Å²) in [6, 6.07) is 10.7. The number of alkyl halides is 3. The van der Waals surface area contributed by atoms with Crippen molar-refractivity contribution in [1.82, 2.24) is 0 Å². The fourth-order valence-corrected chi connectivity index (χ4v) is 2.09. The normalized spacial score (nSPS) is 11.0. The van der Waals surface area contributed by atoms with E-state index in [1.165, 1.54) is 31.4 Å². The van der Waals surface area contributed by atoms with Gasteiger partial charge in [0.05, 0.1) is 24.7 Å². The van der Waals surface area contributed by atoms with Crippen LogP contribution >= 0.6 is 0 Å². The Hall–Kier alpha value is -2.83. The zero-order chi connectivity index (χ0) is 17.7. The summed E-state index contributed by atoms with van der Waals surface area (Å²) in [5.41, 5.74) is 0.0520. The van der Waals surface area contributed by atoms with Crippen LogP contribution in [0, 0.1) is 0 Å². The molecule has 0 aliphatic heterocycles. The molecule has 2 aromatic rings. The Morgan fingerprint density at radius 2 is 1.79 bits per heavy atom. The number of amides is 1. The summed E-state index contributed by atoms with van der Waals surface area (Å²) in [4.78, 5) is 23.4. The minimum absolute atomic E-state index is 0.216. The van der Waals surface area contributed by atoms with Crippen LogP contribution in [0.4, 0.5) is 18.9 Å². The molecule has 2 aromatic carbocycles. The molecule has 1 amide bonds. The van der Waals surface area contributed by atoms with Crippen LogP contribution in [0.2, 0.25) is 0 Å². The Morgan fingerprint density at radius 3 is 2.46 bits per heavy atom. The third-order valence-electron chi connectivity index (χ3n) is 3.19. The van der Waals surface area contributed by atoms with Gasteiger partial charge in [-0.1, -0.05) is 24.3 Å². The average Bonchev–Trinajstić information content (AvgIpc) is 2.53. The highest BCUT2D eigenvalue weighted by Gasteiger charge is 2.30. The van der Waals surface area contributed by atoms with Crippen LogP contribution in [0.5, 0.6) is 0 Å². The van der Waals surface area contributed by atoms with Gasteiger partial charge in [-0.3, -0.25) is 4.79 Å². The summed E-state index contributed by atoms with van der Waals surface area (Å²) in [6.45, 7) is 0. The maximum atomic E-state index is 12.7. The first-order valence-electron chi connectivity index (χ1n) is 6.94. The number of ether oxygens (including phenoxy) is 1. The van der Waals surface area contributed by atoms with Crippen LogP contribution in [-0.4, -0.2) is 19.0 Å². The summed E-state index contributed by atoms with van der Waals surface area (Å²) in [5, 5.41) is 2.54. The number of methoxy groups -OCH3 is 1. The number of carbonyl (C=O) groups excluding carboxylic acids is 2. The highest BCUT2D eigenvalue weighted by atomic mass is 19.4. The van der Waals surface area contributed by atoms with Crippen molar-refractivity contribution in [3.05, 3.63) is 65.2 Å².